The number of thioether (sulfide) groups is 2. The largest absolute Gasteiger partial charge is 0.497 e. The van der Waals surface area contributed by atoms with Gasteiger partial charge in [0.25, 0.3) is 0 Å². The van der Waals surface area contributed by atoms with Crippen LogP contribution in [0.4, 0.5) is 0 Å². The molecule has 88 valence electrons. The Morgan fingerprint density at radius 1 is 1.19 bits per heavy atom. The Balaban J connectivity index is 1.79. The highest BCUT2D eigenvalue weighted by molar-refractivity contribution is 8.17. The highest BCUT2D eigenvalue weighted by atomic mass is 32.2. The molecule has 0 saturated carbocycles. The number of ether oxygens (including phenoxy) is 1. The van der Waals surface area contributed by atoms with E-state index in [1.54, 1.807) is 7.11 Å². The molecule has 0 N–H and O–H groups in total. The lowest BCUT2D eigenvalue weighted by Crippen LogP contribution is -2.07. The highest BCUT2D eigenvalue weighted by Gasteiger charge is 2.13. The van der Waals surface area contributed by atoms with Crippen LogP contribution in [0.2, 0.25) is 0 Å². The third-order valence-electron chi connectivity index (χ3n) is 2.72. The molecule has 0 bridgehead atoms. The zero-order valence-electron chi connectivity index (χ0n) is 9.65. The SMILES string of the molecule is COc1ccc(CCC2SCCCS2)cc1. The van der Waals surface area contributed by atoms with Crippen LogP contribution in [0, 0.1) is 0 Å². The van der Waals surface area contributed by atoms with Crippen LogP contribution >= 0.6 is 23.5 Å². The van der Waals surface area contributed by atoms with Crippen LogP contribution in [-0.4, -0.2) is 23.2 Å². The first-order chi connectivity index (χ1) is 7.88. The monoisotopic (exact) mass is 254 g/mol. The minimum atomic E-state index is 0.816. The van der Waals surface area contributed by atoms with Crippen molar-refractivity contribution in [2.75, 3.05) is 18.6 Å². The van der Waals surface area contributed by atoms with Gasteiger partial charge >= 0.3 is 0 Å². The number of aryl methyl sites for hydroxylation is 1. The summed E-state index contributed by atoms with van der Waals surface area (Å²) in [5.41, 5.74) is 1.42. The lowest BCUT2D eigenvalue weighted by molar-refractivity contribution is 0.414. The normalized spacial score (nSPS) is 17.3. The summed E-state index contributed by atoms with van der Waals surface area (Å²) in [4.78, 5) is 0. The van der Waals surface area contributed by atoms with E-state index in [9.17, 15) is 0 Å². The van der Waals surface area contributed by atoms with Crippen LogP contribution in [0.3, 0.4) is 0 Å². The molecule has 3 heteroatoms. The Bertz CT molecular complexity index is 304. The molecule has 1 nitrogen and oxygen atoms in total. The zero-order valence-corrected chi connectivity index (χ0v) is 11.3. The maximum absolute atomic E-state index is 5.16. The van der Waals surface area contributed by atoms with Gasteiger partial charge in [0.2, 0.25) is 0 Å². The number of hydrogen-bond acceptors (Lipinski definition) is 3. The Hall–Kier alpha value is -0.280. The Kier molecular flexibility index (Phi) is 4.91. The molecule has 0 radical (unpaired) electrons. The molecule has 0 aromatic heterocycles. The summed E-state index contributed by atoms with van der Waals surface area (Å²) in [6.45, 7) is 0. The van der Waals surface area contributed by atoms with Crippen molar-refractivity contribution in [1.29, 1.82) is 0 Å². The molecular weight excluding hydrogens is 236 g/mol. The van der Waals surface area contributed by atoms with Gasteiger partial charge in [-0.25, -0.2) is 0 Å². The van der Waals surface area contributed by atoms with Crippen molar-refractivity contribution in [2.45, 2.75) is 23.8 Å². The maximum atomic E-state index is 5.16. The van der Waals surface area contributed by atoms with Gasteiger partial charge in [-0.3, -0.25) is 0 Å². The third kappa shape index (κ3) is 3.63. The average molecular weight is 254 g/mol. The van der Waals surface area contributed by atoms with Crippen LogP contribution in [0.25, 0.3) is 0 Å². The Labute approximate surface area is 106 Å². The Morgan fingerprint density at radius 2 is 1.88 bits per heavy atom. The molecule has 1 aromatic rings. The molecular formula is C13H18OS2. The molecule has 0 aliphatic carbocycles. The first-order valence-electron chi connectivity index (χ1n) is 5.74. The molecule has 0 unspecified atom stereocenters. The Morgan fingerprint density at radius 3 is 2.50 bits per heavy atom. The second-order valence-electron chi connectivity index (χ2n) is 3.91. The van der Waals surface area contributed by atoms with E-state index >= 15 is 0 Å². The predicted octanol–water partition coefficient (Wildman–Crippen LogP) is 3.82. The number of rotatable bonds is 4. The molecule has 0 amide bonds. The molecule has 1 fully saturated rings. The van der Waals surface area contributed by atoms with Gasteiger partial charge < -0.3 is 4.74 Å². The van der Waals surface area contributed by atoms with Gasteiger partial charge in [-0.05, 0) is 48.5 Å². The fourth-order valence-corrected chi connectivity index (χ4v) is 4.64. The van der Waals surface area contributed by atoms with Crippen LogP contribution in [0.15, 0.2) is 24.3 Å². The predicted molar refractivity (Wildman–Crippen MR) is 74.6 cm³/mol. The van der Waals surface area contributed by atoms with E-state index in [2.05, 4.69) is 47.8 Å². The van der Waals surface area contributed by atoms with Crippen molar-refractivity contribution in [3.63, 3.8) is 0 Å². The summed E-state index contributed by atoms with van der Waals surface area (Å²) < 4.78 is 5.97. The van der Waals surface area contributed by atoms with Crippen molar-refractivity contribution in [2.24, 2.45) is 0 Å². The first-order valence-corrected chi connectivity index (χ1v) is 7.84. The van der Waals surface area contributed by atoms with Crippen LogP contribution in [0.5, 0.6) is 5.75 Å². The van der Waals surface area contributed by atoms with Crippen LogP contribution in [-0.2, 0) is 6.42 Å². The molecule has 1 saturated heterocycles. The van der Waals surface area contributed by atoms with Gasteiger partial charge in [-0.2, -0.15) is 0 Å². The summed E-state index contributed by atoms with van der Waals surface area (Å²) in [5.74, 6) is 3.64. The number of hydrogen-bond donors (Lipinski definition) is 0. The second-order valence-corrected chi connectivity index (χ2v) is 6.83. The van der Waals surface area contributed by atoms with Crippen molar-refractivity contribution in [1.82, 2.24) is 0 Å². The maximum Gasteiger partial charge on any atom is 0.118 e. The lowest BCUT2D eigenvalue weighted by Gasteiger charge is -2.20. The number of benzene rings is 1. The van der Waals surface area contributed by atoms with Crippen molar-refractivity contribution in [3.05, 3.63) is 29.8 Å². The van der Waals surface area contributed by atoms with E-state index in [0.717, 1.165) is 10.3 Å². The quantitative estimate of drug-likeness (QED) is 0.808. The van der Waals surface area contributed by atoms with Crippen molar-refractivity contribution < 1.29 is 4.74 Å². The van der Waals surface area contributed by atoms with Gasteiger partial charge in [-0.15, -0.1) is 23.5 Å². The highest BCUT2D eigenvalue weighted by Crippen LogP contribution is 2.33. The summed E-state index contributed by atoms with van der Waals surface area (Å²) in [7, 11) is 1.71. The summed E-state index contributed by atoms with van der Waals surface area (Å²) in [5, 5.41) is 0. The molecule has 0 spiro atoms. The lowest BCUT2D eigenvalue weighted by atomic mass is 10.1. The second kappa shape index (κ2) is 6.45. The zero-order chi connectivity index (χ0) is 11.2. The summed E-state index contributed by atoms with van der Waals surface area (Å²) >= 11 is 4.26. The van der Waals surface area contributed by atoms with E-state index in [4.69, 9.17) is 4.74 Å². The minimum Gasteiger partial charge on any atom is -0.497 e. The van der Waals surface area contributed by atoms with E-state index < -0.39 is 0 Å². The molecule has 1 aromatic carbocycles. The van der Waals surface area contributed by atoms with Crippen LogP contribution < -0.4 is 4.74 Å². The first kappa shape index (κ1) is 12.2. The summed E-state index contributed by atoms with van der Waals surface area (Å²) in [6, 6.07) is 8.46. The van der Waals surface area contributed by atoms with E-state index in [1.165, 1.54) is 36.3 Å². The average Bonchev–Trinajstić information content (AvgIpc) is 2.38. The molecule has 0 atom stereocenters. The van der Waals surface area contributed by atoms with Gasteiger partial charge in [0.05, 0.1) is 11.7 Å². The van der Waals surface area contributed by atoms with Crippen LogP contribution in [0.1, 0.15) is 18.4 Å². The smallest absolute Gasteiger partial charge is 0.118 e. The molecule has 1 heterocycles. The summed E-state index contributed by atoms with van der Waals surface area (Å²) in [6.07, 6.45) is 3.87. The topological polar surface area (TPSA) is 9.23 Å². The minimum absolute atomic E-state index is 0.816. The standard InChI is InChI=1S/C13H18OS2/c1-14-12-6-3-11(4-7-12)5-8-13-15-9-2-10-16-13/h3-4,6-7,13H,2,5,8-10H2,1H3. The molecule has 2 rings (SSSR count). The molecule has 1 aliphatic heterocycles. The van der Waals surface area contributed by atoms with Crippen molar-refractivity contribution in [3.8, 4) is 5.75 Å². The van der Waals surface area contributed by atoms with Gasteiger partial charge in [-0.1, -0.05) is 12.1 Å². The van der Waals surface area contributed by atoms with Crippen molar-refractivity contribution >= 4 is 23.5 Å². The van der Waals surface area contributed by atoms with E-state index in [0.29, 0.717) is 0 Å². The van der Waals surface area contributed by atoms with E-state index in [1.807, 2.05) is 0 Å². The van der Waals surface area contributed by atoms with Gasteiger partial charge in [0, 0.05) is 0 Å². The fraction of sp³-hybridized carbons (Fsp3) is 0.538. The van der Waals surface area contributed by atoms with Gasteiger partial charge in [0.1, 0.15) is 5.75 Å². The van der Waals surface area contributed by atoms with E-state index in [-0.39, 0.29) is 0 Å². The number of methoxy groups -OCH3 is 1. The fourth-order valence-electron chi connectivity index (χ4n) is 1.78. The third-order valence-corrected chi connectivity index (χ3v) is 5.80. The molecule has 1 aliphatic rings. The molecule has 16 heavy (non-hydrogen) atoms. The van der Waals surface area contributed by atoms with Gasteiger partial charge in [0.15, 0.2) is 0 Å².